The first-order valence-corrected chi connectivity index (χ1v) is 15.9. The van der Waals surface area contributed by atoms with Crippen LogP contribution in [0.3, 0.4) is 0 Å². The fourth-order valence-corrected chi connectivity index (χ4v) is 3.24. The van der Waals surface area contributed by atoms with Gasteiger partial charge < -0.3 is 30.6 Å². The van der Waals surface area contributed by atoms with Crippen LogP contribution in [0.4, 0.5) is 0 Å². The minimum atomic E-state index is -2.53. The monoisotopic (exact) mass is 801 g/mol. The molecule has 0 saturated heterocycles. The molecule has 0 spiro atoms. The van der Waals surface area contributed by atoms with Crippen molar-refractivity contribution in [2.45, 2.75) is 86.4 Å². The quantitative estimate of drug-likeness (QED) is 0.0364. The third-order valence-electron chi connectivity index (χ3n) is 4.60. The van der Waals surface area contributed by atoms with Crippen molar-refractivity contribution in [1.29, 1.82) is 0 Å². The van der Waals surface area contributed by atoms with Crippen molar-refractivity contribution in [1.82, 2.24) is 15.5 Å². The van der Waals surface area contributed by atoms with E-state index in [1.54, 1.807) is 32.9 Å². The first kappa shape index (κ1) is 61.2. The van der Waals surface area contributed by atoms with Gasteiger partial charge in [-0.1, -0.05) is 95.8 Å². The predicted octanol–water partition coefficient (Wildman–Crippen LogP) is 3.14. The smallest absolute Gasteiger partial charge is 0.325 e. The number of carbonyl (C=O) groups is 4. The summed E-state index contributed by atoms with van der Waals surface area (Å²) in [5.74, 6) is -2.94. The normalized spacial score (nSPS) is 11.1. The summed E-state index contributed by atoms with van der Waals surface area (Å²) in [6.45, 7) is 12.8. The summed E-state index contributed by atoms with van der Waals surface area (Å²) in [7, 11) is 0. The third-order valence-corrected chi connectivity index (χ3v) is 5.15. The van der Waals surface area contributed by atoms with Crippen LogP contribution in [0.5, 0.6) is 0 Å². The van der Waals surface area contributed by atoms with Crippen molar-refractivity contribution in [3.05, 3.63) is 71.8 Å². The molecule has 0 aromatic heterocycles. The molecule has 0 saturated carbocycles. The Kier molecular flexibility index (Phi) is 48.1. The molecule has 292 valence electrons. The average Bonchev–Trinajstić information content (AvgIpc) is 3.02. The SMILES string of the molecule is C.CC.CC.CC(C)(C)OC(=O)[C@H](CN)NS(=O)[O-].O=C(Cc1ccccc1)NC[C@H](NOOS)C(=O)O.O=C(O)Cc1ccccc1.[Ar].[Ar]. The Morgan fingerprint density at radius 1 is 0.880 bits per heavy atom. The zero-order chi connectivity index (χ0) is 36.8. The van der Waals surface area contributed by atoms with Crippen LogP contribution in [0.25, 0.3) is 0 Å². The molecule has 0 heterocycles. The van der Waals surface area contributed by atoms with Crippen molar-refractivity contribution in [2.24, 2.45) is 5.73 Å². The van der Waals surface area contributed by atoms with Gasteiger partial charge in [-0.25, -0.2) is 4.72 Å². The molecule has 1 amide bonds. The Bertz CT molecular complexity index is 1150. The van der Waals surface area contributed by atoms with Crippen LogP contribution in [0.2, 0.25) is 0 Å². The van der Waals surface area contributed by atoms with Gasteiger partial charge in [0.05, 0.1) is 12.8 Å². The average molecular weight is 802 g/mol. The third kappa shape index (κ3) is 38.3. The van der Waals surface area contributed by atoms with E-state index in [9.17, 15) is 27.9 Å². The summed E-state index contributed by atoms with van der Waals surface area (Å²) in [5.41, 5.74) is 8.31. The van der Waals surface area contributed by atoms with E-state index in [-0.39, 0.29) is 115 Å². The van der Waals surface area contributed by atoms with E-state index in [0.29, 0.717) is 0 Å². The molecule has 0 aliphatic rings. The van der Waals surface area contributed by atoms with Gasteiger partial charge in [0, 0.05) is 113 Å². The van der Waals surface area contributed by atoms with Gasteiger partial charge >= 0.3 is 17.9 Å². The molecular weight excluding hydrogens is 748 g/mol. The van der Waals surface area contributed by atoms with Crippen molar-refractivity contribution < 1.29 is 128 Å². The molecule has 3 atom stereocenters. The molecule has 1 unspecified atom stereocenters. The van der Waals surface area contributed by atoms with E-state index in [2.05, 4.69) is 33.0 Å². The second kappa shape index (κ2) is 39.3. The van der Waals surface area contributed by atoms with Gasteiger partial charge in [0.25, 0.3) is 0 Å². The van der Waals surface area contributed by atoms with Crippen molar-refractivity contribution >= 4 is 48.0 Å². The largest absolute Gasteiger partial charge is 0.760 e. The Hall–Kier alpha value is -0.901. The van der Waals surface area contributed by atoms with Crippen molar-refractivity contribution in [2.75, 3.05) is 13.1 Å². The molecule has 0 aliphatic carbocycles. The van der Waals surface area contributed by atoms with Crippen LogP contribution in [0.1, 0.15) is 67.0 Å². The number of amides is 1. The van der Waals surface area contributed by atoms with Crippen LogP contribution in [0, 0.1) is 75.5 Å². The van der Waals surface area contributed by atoms with Crippen molar-refractivity contribution in [3.63, 3.8) is 0 Å². The van der Waals surface area contributed by atoms with Crippen LogP contribution in [0.15, 0.2) is 60.7 Å². The second-order valence-electron chi connectivity index (χ2n) is 9.36. The number of carboxylic acid groups (broad SMARTS) is 2. The van der Waals surface area contributed by atoms with E-state index in [0.717, 1.165) is 11.1 Å². The van der Waals surface area contributed by atoms with E-state index in [4.69, 9.17) is 20.7 Å². The van der Waals surface area contributed by atoms with Crippen molar-refractivity contribution in [3.8, 4) is 0 Å². The molecule has 2 aromatic carbocycles. The molecular formula is C31H53Ar2N4O11S2-. The molecule has 2 aromatic rings. The number of hydroxylamine groups is 1. The number of esters is 1. The Morgan fingerprint density at radius 3 is 1.66 bits per heavy atom. The number of hydrogen-bond acceptors (Lipinski definition) is 12. The van der Waals surface area contributed by atoms with E-state index in [1.807, 2.05) is 80.9 Å². The topological polar surface area (TPSA) is 239 Å². The molecule has 0 bridgehead atoms. The molecule has 2 rings (SSSR count). The van der Waals surface area contributed by atoms with Crippen LogP contribution in [-0.2, 0) is 57.3 Å². The number of benzene rings is 2. The zero-order valence-electron chi connectivity index (χ0n) is 28.5. The van der Waals surface area contributed by atoms with Gasteiger partial charge in [-0.2, -0.15) is 5.48 Å². The molecule has 0 radical (unpaired) electrons. The number of rotatable bonds is 14. The van der Waals surface area contributed by atoms with Crippen LogP contribution < -0.4 is 21.3 Å². The fourth-order valence-electron chi connectivity index (χ4n) is 2.77. The minimum Gasteiger partial charge on any atom is -0.760 e. The Labute approximate surface area is 364 Å². The fraction of sp³-hybridized carbons (Fsp3) is 0.484. The van der Waals surface area contributed by atoms with Crippen LogP contribution in [-0.4, -0.2) is 73.6 Å². The number of hydrogen-bond donors (Lipinski definition) is 7. The predicted molar refractivity (Wildman–Crippen MR) is 187 cm³/mol. The van der Waals surface area contributed by atoms with Gasteiger partial charge in [0.15, 0.2) is 0 Å². The Morgan fingerprint density at radius 2 is 1.32 bits per heavy atom. The molecule has 50 heavy (non-hydrogen) atoms. The van der Waals surface area contributed by atoms with Gasteiger partial charge in [-0.3, -0.25) is 23.4 Å². The van der Waals surface area contributed by atoms with Gasteiger partial charge in [-0.05, 0) is 31.9 Å². The minimum absolute atomic E-state index is 0. The summed E-state index contributed by atoms with van der Waals surface area (Å²) in [6.07, 6.45) is 0.290. The summed E-state index contributed by atoms with van der Waals surface area (Å²) < 4.78 is 31.4. The van der Waals surface area contributed by atoms with E-state index >= 15 is 0 Å². The number of nitrogens with two attached hydrogens (primary N) is 1. The maximum absolute atomic E-state index is 11.6. The number of carboxylic acids is 2. The number of aliphatic carboxylic acids is 2. The maximum Gasteiger partial charge on any atom is 0.325 e. The summed E-state index contributed by atoms with van der Waals surface area (Å²) in [4.78, 5) is 48.0. The molecule has 15 nitrogen and oxygen atoms in total. The molecule has 19 heteroatoms. The standard InChI is InChI=1S/C11H14N2O5S.C8H8O2.C7H16N2O4S.2C2H6.CH4.2Ar/c14-10(6-8-4-2-1-3-5-8)12-7-9(11(15)16)13-17-18-19;9-8(10)6-7-4-2-1-3-5-7;1-7(2,3)13-6(10)5(4-8)9-14(11)12;2*1-2;;;/h1-5,9,13,19H,6-7H2,(H,12,14)(H,15,16);1-5H,6H2,(H,9,10);5,9H,4,8H2,1-3H3,(H,11,12);2*1-2H3;1H4;;/p-1/t9-;;5-;;;;;/m0.0...../s1. The molecule has 0 aliphatic heterocycles. The van der Waals surface area contributed by atoms with Gasteiger partial charge in [0.2, 0.25) is 5.91 Å². The second-order valence-corrected chi connectivity index (χ2v) is 10.2. The number of thiol groups is 1. The number of nitrogens with one attached hydrogen (secondary N) is 3. The first-order chi connectivity index (χ1) is 22.2. The first-order valence-electron chi connectivity index (χ1n) is 14.5. The Balaban J connectivity index is -0.000000139. The summed E-state index contributed by atoms with van der Waals surface area (Å²) in [6, 6.07) is 16.1. The van der Waals surface area contributed by atoms with Gasteiger partial charge in [-0.15, -0.1) is 9.32 Å². The summed E-state index contributed by atoms with van der Waals surface area (Å²) in [5, 5.41) is 19.7. The number of carbonyl (C=O) groups excluding carboxylic acids is 2. The maximum atomic E-state index is 11.6. The molecule has 7 N–H and O–H groups in total. The van der Waals surface area contributed by atoms with Gasteiger partial charge in [0.1, 0.15) is 17.7 Å². The molecule has 0 fully saturated rings. The summed E-state index contributed by atoms with van der Waals surface area (Å²) >= 11 is 0.748. The zero-order valence-corrected chi connectivity index (χ0v) is 31.6. The van der Waals surface area contributed by atoms with E-state index < -0.39 is 46.9 Å². The van der Waals surface area contributed by atoms with Crippen LogP contribution >= 0.6 is 12.9 Å². The number of ether oxygens (including phenoxy) is 1. The van der Waals surface area contributed by atoms with E-state index in [1.165, 1.54) is 0 Å².